The van der Waals surface area contributed by atoms with E-state index < -0.39 is 0 Å². The third-order valence-electron chi connectivity index (χ3n) is 4.06. The Labute approximate surface area is 125 Å². The summed E-state index contributed by atoms with van der Waals surface area (Å²) in [6, 6.07) is 9.64. The van der Waals surface area contributed by atoms with Crippen molar-refractivity contribution >= 4 is 17.6 Å². The number of rotatable bonds is 1. The Hall–Kier alpha value is -2.30. The normalized spacial score (nSPS) is 24.8. The van der Waals surface area contributed by atoms with Gasteiger partial charge in [0.1, 0.15) is 0 Å². The van der Waals surface area contributed by atoms with E-state index in [-0.39, 0.29) is 12.1 Å². The SMILES string of the molecule is CC=C1C(=NC)N(C(=O)Nc2ccccc2)C2CCN1C2. The molecule has 2 fully saturated rings. The maximum Gasteiger partial charge on any atom is 0.327 e. The number of anilines is 1. The Morgan fingerprint density at radius 3 is 2.81 bits per heavy atom. The number of fused-ring (bicyclic) bond motifs is 2. The summed E-state index contributed by atoms with van der Waals surface area (Å²) in [5, 5.41) is 2.96. The first-order valence-corrected chi connectivity index (χ1v) is 7.28. The fourth-order valence-electron chi connectivity index (χ4n) is 3.11. The van der Waals surface area contributed by atoms with Gasteiger partial charge in [0.25, 0.3) is 0 Å². The van der Waals surface area contributed by atoms with E-state index in [1.165, 1.54) is 0 Å². The molecule has 2 saturated heterocycles. The molecule has 2 heterocycles. The molecule has 1 N–H and O–H groups in total. The number of aliphatic imine (C=N–C) groups is 1. The average Bonchev–Trinajstić information content (AvgIpc) is 2.92. The second-order valence-corrected chi connectivity index (χ2v) is 5.28. The molecule has 21 heavy (non-hydrogen) atoms. The van der Waals surface area contributed by atoms with E-state index in [4.69, 9.17) is 0 Å². The van der Waals surface area contributed by atoms with Crippen molar-refractivity contribution in [1.82, 2.24) is 9.80 Å². The molecule has 3 rings (SSSR count). The molecule has 0 radical (unpaired) electrons. The van der Waals surface area contributed by atoms with Crippen molar-refractivity contribution in [2.75, 3.05) is 25.5 Å². The number of nitrogens with one attached hydrogen (secondary N) is 1. The van der Waals surface area contributed by atoms with Crippen LogP contribution >= 0.6 is 0 Å². The molecule has 1 unspecified atom stereocenters. The van der Waals surface area contributed by atoms with Gasteiger partial charge in [0.2, 0.25) is 0 Å². The van der Waals surface area contributed by atoms with Gasteiger partial charge in [-0.1, -0.05) is 24.3 Å². The molecular weight excluding hydrogens is 264 g/mol. The van der Waals surface area contributed by atoms with Crippen LogP contribution in [0.1, 0.15) is 13.3 Å². The Bertz CT molecular complexity index is 594. The number of amidine groups is 1. The van der Waals surface area contributed by atoms with Crippen molar-refractivity contribution in [3.05, 3.63) is 42.1 Å². The smallest absolute Gasteiger partial charge is 0.327 e. The van der Waals surface area contributed by atoms with Gasteiger partial charge in [-0.3, -0.25) is 9.89 Å². The number of hydrogen-bond donors (Lipinski definition) is 1. The fraction of sp³-hybridized carbons (Fsp3) is 0.375. The molecule has 0 spiro atoms. The van der Waals surface area contributed by atoms with Crippen LogP contribution in [-0.4, -0.2) is 47.8 Å². The van der Waals surface area contributed by atoms with Crippen LogP contribution in [0, 0.1) is 0 Å². The van der Waals surface area contributed by atoms with Gasteiger partial charge in [-0.2, -0.15) is 0 Å². The Morgan fingerprint density at radius 2 is 2.14 bits per heavy atom. The Kier molecular flexibility index (Phi) is 3.64. The third kappa shape index (κ3) is 2.39. The van der Waals surface area contributed by atoms with Crippen molar-refractivity contribution in [3.8, 4) is 0 Å². The fourth-order valence-corrected chi connectivity index (χ4v) is 3.11. The maximum atomic E-state index is 12.7. The number of benzene rings is 1. The number of amides is 2. The lowest BCUT2D eigenvalue weighted by Crippen LogP contribution is -2.53. The molecule has 2 aliphatic heterocycles. The lowest BCUT2D eigenvalue weighted by atomic mass is 10.1. The molecule has 5 nitrogen and oxygen atoms in total. The van der Waals surface area contributed by atoms with E-state index in [2.05, 4.69) is 15.2 Å². The number of carbonyl (C=O) groups excluding carboxylic acids is 1. The maximum absolute atomic E-state index is 12.7. The Morgan fingerprint density at radius 1 is 1.38 bits per heavy atom. The van der Waals surface area contributed by atoms with Crippen LogP contribution in [-0.2, 0) is 0 Å². The molecular formula is C16H20N4O. The van der Waals surface area contributed by atoms with Gasteiger partial charge in [-0.15, -0.1) is 0 Å². The molecule has 2 bridgehead atoms. The molecule has 1 aromatic rings. The molecule has 110 valence electrons. The van der Waals surface area contributed by atoms with Crippen molar-refractivity contribution < 1.29 is 4.79 Å². The Balaban J connectivity index is 1.87. The highest BCUT2D eigenvalue weighted by atomic mass is 16.2. The first kappa shape index (κ1) is 13.7. The predicted molar refractivity (Wildman–Crippen MR) is 84.4 cm³/mol. The predicted octanol–water partition coefficient (Wildman–Crippen LogP) is 2.54. The summed E-state index contributed by atoms with van der Waals surface area (Å²) in [5.74, 6) is 0.764. The zero-order chi connectivity index (χ0) is 14.8. The lowest BCUT2D eigenvalue weighted by molar-refractivity contribution is 0.216. The van der Waals surface area contributed by atoms with E-state index in [9.17, 15) is 4.79 Å². The summed E-state index contributed by atoms with van der Waals surface area (Å²) >= 11 is 0. The van der Waals surface area contributed by atoms with Crippen molar-refractivity contribution in [1.29, 1.82) is 0 Å². The van der Waals surface area contributed by atoms with Crippen LogP contribution in [0.25, 0.3) is 0 Å². The van der Waals surface area contributed by atoms with Crippen LogP contribution in [0.5, 0.6) is 0 Å². The average molecular weight is 284 g/mol. The largest absolute Gasteiger partial charge is 0.367 e. The van der Waals surface area contributed by atoms with Crippen LogP contribution in [0.4, 0.5) is 10.5 Å². The zero-order valence-corrected chi connectivity index (χ0v) is 12.4. The van der Waals surface area contributed by atoms with Crippen LogP contribution < -0.4 is 5.32 Å². The van der Waals surface area contributed by atoms with Gasteiger partial charge in [-0.05, 0) is 25.5 Å². The quantitative estimate of drug-likeness (QED) is 0.861. The molecule has 1 aromatic carbocycles. The van der Waals surface area contributed by atoms with Gasteiger partial charge in [-0.25, -0.2) is 4.79 Å². The minimum absolute atomic E-state index is 0.104. The number of carbonyl (C=O) groups is 1. The van der Waals surface area contributed by atoms with Crippen LogP contribution in [0.3, 0.4) is 0 Å². The highest BCUT2D eigenvalue weighted by molar-refractivity contribution is 6.11. The highest BCUT2D eigenvalue weighted by Crippen LogP contribution is 2.29. The number of piperazine rings is 1. The molecule has 2 aliphatic rings. The summed E-state index contributed by atoms with van der Waals surface area (Å²) in [6.45, 7) is 3.87. The lowest BCUT2D eigenvalue weighted by Gasteiger charge is -2.37. The van der Waals surface area contributed by atoms with E-state index in [1.807, 2.05) is 48.2 Å². The third-order valence-corrected chi connectivity index (χ3v) is 4.06. The molecule has 0 aromatic heterocycles. The highest BCUT2D eigenvalue weighted by Gasteiger charge is 2.41. The van der Waals surface area contributed by atoms with Crippen LogP contribution in [0.2, 0.25) is 0 Å². The summed E-state index contributed by atoms with van der Waals surface area (Å²) < 4.78 is 0. The molecule has 1 atom stereocenters. The standard InChI is InChI=1S/C16H20N4O/c1-3-14-15(17-2)20(13-9-10-19(14)11-13)16(21)18-12-7-5-4-6-8-12/h3-8,13H,9-11H2,1-2H3,(H,18,21). The van der Waals surface area contributed by atoms with E-state index in [1.54, 1.807) is 7.05 Å². The number of nitrogens with zero attached hydrogens (tertiary/aromatic N) is 3. The molecule has 2 amide bonds. The second-order valence-electron chi connectivity index (χ2n) is 5.28. The summed E-state index contributed by atoms with van der Waals surface area (Å²) in [6.07, 6.45) is 3.02. The van der Waals surface area contributed by atoms with Gasteiger partial charge in [0.15, 0.2) is 5.84 Å². The van der Waals surface area contributed by atoms with Gasteiger partial charge in [0, 0.05) is 25.8 Å². The van der Waals surface area contributed by atoms with Crippen molar-refractivity contribution in [3.63, 3.8) is 0 Å². The van der Waals surface area contributed by atoms with Gasteiger partial charge >= 0.3 is 6.03 Å². The molecule has 5 heteroatoms. The minimum atomic E-state index is -0.104. The minimum Gasteiger partial charge on any atom is -0.367 e. The number of hydrogen-bond acceptors (Lipinski definition) is 3. The second kappa shape index (κ2) is 5.60. The summed E-state index contributed by atoms with van der Waals surface area (Å²) in [7, 11) is 1.74. The van der Waals surface area contributed by atoms with Crippen LogP contribution in [0.15, 0.2) is 47.1 Å². The number of allylic oxidation sites excluding steroid dienone is 1. The first-order chi connectivity index (χ1) is 10.2. The monoisotopic (exact) mass is 284 g/mol. The first-order valence-electron chi connectivity index (χ1n) is 7.28. The molecule has 0 aliphatic carbocycles. The van der Waals surface area contributed by atoms with Crippen molar-refractivity contribution in [2.24, 2.45) is 4.99 Å². The van der Waals surface area contributed by atoms with E-state index >= 15 is 0 Å². The summed E-state index contributed by atoms with van der Waals surface area (Å²) in [5.41, 5.74) is 1.86. The van der Waals surface area contributed by atoms with E-state index in [0.29, 0.717) is 0 Å². The summed E-state index contributed by atoms with van der Waals surface area (Å²) in [4.78, 5) is 21.1. The van der Waals surface area contributed by atoms with Gasteiger partial charge < -0.3 is 10.2 Å². The number of para-hydroxylation sites is 1. The number of urea groups is 1. The zero-order valence-electron chi connectivity index (χ0n) is 12.4. The van der Waals surface area contributed by atoms with Gasteiger partial charge in [0.05, 0.1) is 11.7 Å². The van der Waals surface area contributed by atoms with Crippen molar-refractivity contribution in [2.45, 2.75) is 19.4 Å². The topological polar surface area (TPSA) is 47.9 Å². The molecule has 0 saturated carbocycles. The van der Waals surface area contributed by atoms with E-state index in [0.717, 1.165) is 36.7 Å².